The third-order valence-corrected chi connectivity index (χ3v) is 5.07. The van der Waals surface area contributed by atoms with E-state index in [0.29, 0.717) is 21.5 Å². The van der Waals surface area contributed by atoms with Crippen LogP contribution in [0.4, 0.5) is 11.5 Å². The molecule has 5 aromatic rings. The van der Waals surface area contributed by atoms with Gasteiger partial charge in [0, 0.05) is 15.7 Å². The van der Waals surface area contributed by atoms with Crippen molar-refractivity contribution in [3.05, 3.63) is 95.4 Å². The molecule has 8 heteroatoms. The number of fused-ring (bicyclic) bond motifs is 1. The Labute approximate surface area is 188 Å². The van der Waals surface area contributed by atoms with Gasteiger partial charge in [-0.15, -0.1) is 0 Å². The summed E-state index contributed by atoms with van der Waals surface area (Å²) in [6.45, 7) is 0. The maximum atomic E-state index is 6.12. The molecule has 2 heterocycles. The van der Waals surface area contributed by atoms with Crippen LogP contribution in [0.3, 0.4) is 0 Å². The number of nitrogens with one attached hydrogen (secondary N) is 1. The van der Waals surface area contributed by atoms with Crippen LogP contribution in [0.5, 0.6) is 11.5 Å². The number of hydrogen-bond acceptors (Lipinski definition) is 5. The molecular weight excluding hydrogens is 433 g/mol. The molecule has 0 fully saturated rings. The Morgan fingerprint density at radius 2 is 1.55 bits per heavy atom. The molecule has 6 nitrogen and oxygen atoms in total. The fourth-order valence-corrected chi connectivity index (χ4v) is 3.43. The van der Waals surface area contributed by atoms with Crippen molar-refractivity contribution in [1.82, 2.24) is 19.7 Å². The molecule has 0 bridgehead atoms. The molecule has 0 saturated carbocycles. The Balaban J connectivity index is 1.38. The lowest BCUT2D eigenvalue weighted by Gasteiger charge is -2.09. The second kappa shape index (κ2) is 8.26. The van der Waals surface area contributed by atoms with Gasteiger partial charge in [-0.25, -0.2) is 14.6 Å². The number of benzene rings is 3. The highest BCUT2D eigenvalue weighted by Crippen LogP contribution is 2.28. The fourth-order valence-electron chi connectivity index (χ4n) is 3.12. The van der Waals surface area contributed by atoms with Gasteiger partial charge in [0.15, 0.2) is 5.65 Å². The van der Waals surface area contributed by atoms with Crippen molar-refractivity contribution in [3.8, 4) is 17.2 Å². The van der Waals surface area contributed by atoms with Gasteiger partial charge in [0.1, 0.15) is 23.6 Å². The summed E-state index contributed by atoms with van der Waals surface area (Å²) in [4.78, 5) is 8.77. The first-order chi connectivity index (χ1) is 15.2. The van der Waals surface area contributed by atoms with E-state index in [0.717, 1.165) is 28.3 Å². The van der Waals surface area contributed by atoms with Gasteiger partial charge in [-0.2, -0.15) is 5.10 Å². The van der Waals surface area contributed by atoms with Crippen molar-refractivity contribution in [1.29, 1.82) is 0 Å². The normalized spacial score (nSPS) is 10.9. The third kappa shape index (κ3) is 4.17. The summed E-state index contributed by atoms with van der Waals surface area (Å²) in [6.07, 6.45) is 3.24. The SMILES string of the molecule is Clc1ccc(Oc2ccc(Nc3ncnc4c3cnn4-c3cccc(Cl)c3)cc2)cc1. The monoisotopic (exact) mass is 447 g/mol. The summed E-state index contributed by atoms with van der Waals surface area (Å²) in [6, 6.07) is 22.3. The third-order valence-electron chi connectivity index (χ3n) is 4.58. The molecule has 31 heavy (non-hydrogen) atoms. The van der Waals surface area contributed by atoms with E-state index < -0.39 is 0 Å². The van der Waals surface area contributed by atoms with E-state index in [9.17, 15) is 0 Å². The van der Waals surface area contributed by atoms with Gasteiger partial charge in [0.25, 0.3) is 0 Å². The summed E-state index contributed by atoms with van der Waals surface area (Å²) in [5.41, 5.74) is 2.37. The van der Waals surface area contributed by atoms with E-state index in [-0.39, 0.29) is 0 Å². The molecule has 0 aliphatic heterocycles. The lowest BCUT2D eigenvalue weighted by molar-refractivity contribution is 0.483. The lowest BCUT2D eigenvalue weighted by Crippen LogP contribution is -1.99. The topological polar surface area (TPSA) is 64.9 Å². The summed E-state index contributed by atoms with van der Waals surface area (Å²) < 4.78 is 7.57. The Hall–Kier alpha value is -3.61. The zero-order valence-corrected chi connectivity index (χ0v) is 17.5. The number of nitrogens with zero attached hydrogens (tertiary/aromatic N) is 4. The molecule has 0 amide bonds. The van der Waals surface area contributed by atoms with Gasteiger partial charge in [0.05, 0.1) is 17.3 Å². The molecule has 0 aliphatic rings. The van der Waals surface area contributed by atoms with Crippen molar-refractivity contribution < 1.29 is 4.74 Å². The van der Waals surface area contributed by atoms with Gasteiger partial charge < -0.3 is 10.1 Å². The molecule has 0 atom stereocenters. The van der Waals surface area contributed by atoms with Gasteiger partial charge in [-0.05, 0) is 66.7 Å². The first-order valence-electron chi connectivity index (χ1n) is 9.41. The Bertz CT molecular complexity index is 1350. The van der Waals surface area contributed by atoms with E-state index in [2.05, 4.69) is 20.4 Å². The van der Waals surface area contributed by atoms with Crippen LogP contribution in [0.15, 0.2) is 85.3 Å². The van der Waals surface area contributed by atoms with Crippen molar-refractivity contribution in [2.45, 2.75) is 0 Å². The van der Waals surface area contributed by atoms with Crippen molar-refractivity contribution in [2.75, 3.05) is 5.32 Å². The summed E-state index contributed by atoms with van der Waals surface area (Å²) >= 11 is 12.0. The average molecular weight is 448 g/mol. The molecule has 1 N–H and O–H groups in total. The van der Waals surface area contributed by atoms with Crippen LogP contribution in [-0.2, 0) is 0 Å². The number of halogens is 2. The molecule has 152 valence electrons. The minimum Gasteiger partial charge on any atom is -0.457 e. The highest BCUT2D eigenvalue weighted by atomic mass is 35.5. The number of hydrogen-bond donors (Lipinski definition) is 1. The number of anilines is 2. The smallest absolute Gasteiger partial charge is 0.168 e. The number of ether oxygens (including phenoxy) is 1. The fraction of sp³-hybridized carbons (Fsp3) is 0. The number of aromatic nitrogens is 4. The highest BCUT2D eigenvalue weighted by Gasteiger charge is 2.12. The van der Waals surface area contributed by atoms with E-state index >= 15 is 0 Å². The zero-order chi connectivity index (χ0) is 21.2. The largest absolute Gasteiger partial charge is 0.457 e. The predicted octanol–water partition coefficient (Wildman–Crippen LogP) is 6.66. The molecule has 0 radical (unpaired) electrons. The lowest BCUT2D eigenvalue weighted by atomic mass is 10.3. The van der Waals surface area contributed by atoms with Crippen molar-refractivity contribution in [2.24, 2.45) is 0 Å². The van der Waals surface area contributed by atoms with Crippen LogP contribution in [0, 0.1) is 0 Å². The van der Waals surface area contributed by atoms with Crippen LogP contribution in [-0.4, -0.2) is 19.7 Å². The minimum absolute atomic E-state index is 0.634. The standard InChI is InChI=1S/C23H15Cl2N5O/c24-15-4-8-19(9-5-15)31-20-10-6-17(7-11-20)29-22-21-13-28-30(23(21)27-14-26-22)18-3-1-2-16(25)12-18/h1-14H,(H,26,27,29). The Morgan fingerprint density at radius 1 is 0.806 bits per heavy atom. The molecule has 5 rings (SSSR count). The molecule has 0 spiro atoms. The van der Waals surface area contributed by atoms with Crippen LogP contribution in [0.25, 0.3) is 16.7 Å². The van der Waals surface area contributed by atoms with E-state index in [1.165, 1.54) is 6.33 Å². The van der Waals surface area contributed by atoms with Crippen LogP contribution < -0.4 is 10.1 Å². The van der Waals surface area contributed by atoms with Crippen LogP contribution in [0.1, 0.15) is 0 Å². The zero-order valence-electron chi connectivity index (χ0n) is 16.0. The first-order valence-corrected chi connectivity index (χ1v) is 10.2. The van der Waals surface area contributed by atoms with Gasteiger partial charge in [-0.3, -0.25) is 0 Å². The second-order valence-corrected chi connectivity index (χ2v) is 7.57. The first kappa shape index (κ1) is 19.4. The Morgan fingerprint density at radius 3 is 2.29 bits per heavy atom. The maximum Gasteiger partial charge on any atom is 0.168 e. The molecule has 3 aromatic carbocycles. The van der Waals surface area contributed by atoms with Crippen molar-refractivity contribution in [3.63, 3.8) is 0 Å². The van der Waals surface area contributed by atoms with E-state index in [1.54, 1.807) is 23.0 Å². The molecule has 2 aromatic heterocycles. The summed E-state index contributed by atoms with van der Waals surface area (Å²) in [5.74, 6) is 2.09. The maximum absolute atomic E-state index is 6.12. The molecule has 0 aliphatic carbocycles. The predicted molar refractivity (Wildman–Crippen MR) is 123 cm³/mol. The quantitative estimate of drug-likeness (QED) is 0.326. The number of rotatable bonds is 5. The second-order valence-electron chi connectivity index (χ2n) is 6.70. The minimum atomic E-state index is 0.634. The van der Waals surface area contributed by atoms with Gasteiger partial charge in [-0.1, -0.05) is 29.3 Å². The molecule has 0 unspecified atom stereocenters. The molecule has 0 saturated heterocycles. The van der Waals surface area contributed by atoms with E-state index in [4.69, 9.17) is 27.9 Å². The van der Waals surface area contributed by atoms with Gasteiger partial charge >= 0.3 is 0 Å². The average Bonchev–Trinajstić information content (AvgIpc) is 3.22. The van der Waals surface area contributed by atoms with Crippen molar-refractivity contribution >= 4 is 45.7 Å². The summed E-state index contributed by atoms with van der Waals surface area (Å²) in [5, 5.41) is 9.88. The Kier molecular flexibility index (Phi) is 5.16. The highest BCUT2D eigenvalue weighted by molar-refractivity contribution is 6.31. The van der Waals surface area contributed by atoms with Crippen LogP contribution >= 0.6 is 23.2 Å². The van der Waals surface area contributed by atoms with Crippen LogP contribution in [0.2, 0.25) is 10.0 Å². The molecular formula is C23H15Cl2N5O. The summed E-state index contributed by atoms with van der Waals surface area (Å²) in [7, 11) is 0. The van der Waals surface area contributed by atoms with Gasteiger partial charge in [0.2, 0.25) is 0 Å². The van der Waals surface area contributed by atoms with E-state index in [1.807, 2.05) is 60.7 Å².